The molecule has 1 rings (SSSR count). The Balaban J connectivity index is 0.000000360. The number of hydrogen-bond acceptors (Lipinski definition) is 1. The minimum atomic E-state index is 0. The van der Waals surface area contributed by atoms with Gasteiger partial charge in [-0.05, 0) is 33.0 Å². The lowest BCUT2D eigenvalue weighted by atomic mass is 10.4. The fourth-order valence-electron chi connectivity index (χ4n) is 0.875. The van der Waals surface area contributed by atoms with Gasteiger partial charge in [0.05, 0.1) is 0 Å². The quantitative estimate of drug-likeness (QED) is 0.393. The van der Waals surface area contributed by atoms with E-state index in [9.17, 15) is 0 Å². The molecule has 1 fully saturated rings. The zero-order valence-electron chi connectivity index (χ0n) is 4.85. The van der Waals surface area contributed by atoms with E-state index in [1.165, 1.54) is 25.9 Å². The van der Waals surface area contributed by atoms with Crippen LogP contribution in [0.5, 0.6) is 0 Å². The summed E-state index contributed by atoms with van der Waals surface area (Å²) >= 11 is 0. The predicted molar refractivity (Wildman–Crippen MR) is 32.5 cm³/mol. The van der Waals surface area contributed by atoms with E-state index in [1.54, 1.807) is 0 Å². The van der Waals surface area contributed by atoms with Gasteiger partial charge in [-0.2, -0.15) is 0 Å². The van der Waals surface area contributed by atoms with Crippen LogP contribution in [0.15, 0.2) is 0 Å². The second kappa shape index (κ2) is 3.08. The van der Waals surface area contributed by atoms with Gasteiger partial charge in [0, 0.05) is 8.41 Å². The summed E-state index contributed by atoms with van der Waals surface area (Å²) in [5, 5.41) is 0. The predicted octanol–water partition coefficient (Wildman–Crippen LogP) is 0.331. The molecule has 1 heterocycles. The fraction of sp³-hybridized carbons (Fsp3) is 1.00. The molecule has 1 aliphatic rings. The van der Waals surface area contributed by atoms with Crippen LogP contribution < -0.4 is 0 Å². The Morgan fingerprint density at radius 3 is 1.71 bits per heavy atom. The van der Waals surface area contributed by atoms with Gasteiger partial charge in [-0.25, -0.2) is 0 Å². The Hall–Kier alpha value is 0.0249. The lowest BCUT2D eigenvalue weighted by Crippen LogP contribution is -2.10. The highest BCUT2D eigenvalue weighted by Gasteiger charge is 2.03. The Kier molecular flexibility index (Phi) is 3.09. The van der Waals surface area contributed by atoms with Gasteiger partial charge < -0.3 is 4.90 Å². The standard InChI is InChI=1S/C5H11N.B/c1-6-4-2-3-5-6;/h2-5H2,1H3;. The highest BCUT2D eigenvalue weighted by atomic mass is 15.1. The van der Waals surface area contributed by atoms with Gasteiger partial charge in [-0.15, -0.1) is 0 Å². The molecular formula is C5H11BN. The first kappa shape index (κ1) is 7.02. The van der Waals surface area contributed by atoms with Crippen molar-refractivity contribution in [1.29, 1.82) is 0 Å². The minimum Gasteiger partial charge on any atom is -0.306 e. The molecule has 0 N–H and O–H groups in total. The second-order valence-corrected chi connectivity index (χ2v) is 2.01. The summed E-state index contributed by atoms with van der Waals surface area (Å²) in [6.45, 7) is 2.64. The Bertz CT molecular complexity index is 41.3. The number of nitrogens with zero attached hydrogens (tertiary/aromatic N) is 1. The molecule has 0 aliphatic carbocycles. The lowest BCUT2D eigenvalue weighted by molar-refractivity contribution is 0.418. The van der Waals surface area contributed by atoms with Gasteiger partial charge in [0.1, 0.15) is 0 Å². The van der Waals surface area contributed by atoms with Gasteiger partial charge in [0.2, 0.25) is 0 Å². The second-order valence-electron chi connectivity index (χ2n) is 2.01. The Labute approximate surface area is 47.3 Å². The summed E-state index contributed by atoms with van der Waals surface area (Å²) < 4.78 is 0. The molecule has 2 heteroatoms. The van der Waals surface area contributed by atoms with Crippen molar-refractivity contribution in [3.05, 3.63) is 0 Å². The molecule has 0 unspecified atom stereocenters. The van der Waals surface area contributed by atoms with Crippen molar-refractivity contribution in [2.45, 2.75) is 12.8 Å². The van der Waals surface area contributed by atoms with E-state index in [2.05, 4.69) is 11.9 Å². The van der Waals surface area contributed by atoms with Crippen LogP contribution in [-0.4, -0.2) is 33.5 Å². The van der Waals surface area contributed by atoms with E-state index in [0.717, 1.165) is 0 Å². The monoisotopic (exact) mass is 96.1 g/mol. The molecule has 0 saturated carbocycles. The Morgan fingerprint density at radius 1 is 1.14 bits per heavy atom. The smallest absolute Gasteiger partial charge is 0 e. The molecular weight excluding hydrogens is 84.9 g/mol. The average molecular weight is 96.0 g/mol. The van der Waals surface area contributed by atoms with Crippen LogP contribution in [0.25, 0.3) is 0 Å². The van der Waals surface area contributed by atoms with E-state index >= 15 is 0 Å². The summed E-state index contributed by atoms with van der Waals surface area (Å²) in [5.74, 6) is 0. The normalized spacial score (nSPS) is 21.9. The molecule has 0 bridgehead atoms. The topological polar surface area (TPSA) is 3.24 Å². The molecule has 0 amide bonds. The van der Waals surface area contributed by atoms with Crippen molar-refractivity contribution in [2.75, 3.05) is 20.1 Å². The molecule has 1 aliphatic heterocycles. The summed E-state index contributed by atoms with van der Waals surface area (Å²) in [6.07, 6.45) is 2.83. The maximum Gasteiger partial charge on any atom is 0 e. The molecule has 0 aromatic rings. The van der Waals surface area contributed by atoms with Crippen LogP contribution in [0, 0.1) is 0 Å². The first-order chi connectivity index (χ1) is 2.89. The molecule has 7 heavy (non-hydrogen) atoms. The first-order valence-corrected chi connectivity index (χ1v) is 2.58. The van der Waals surface area contributed by atoms with Gasteiger partial charge in [0.15, 0.2) is 0 Å². The van der Waals surface area contributed by atoms with Crippen LogP contribution in [0.2, 0.25) is 0 Å². The number of rotatable bonds is 0. The van der Waals surface area contributed by atoms with E-state index < -0.39 is 0 Å². The van der Waals surface area contributed by atoms with Crippen LogP contribution in [0.1, 0.15) is 12.8 Å². The summed E-state index contributed by atoms with van der Waals surface area (Å²) in [4.78, 5) is 2.36. The molecule has 39 valence electrons. The van der Waals surface area contributed by atoms with E-state index in [-0.39, 0.29) is 8.41 Å². The average Bonchev–Trinajstić information content (AvgIpc) is 1.86. The van der Waals surface area contributed by atoms with E-state index in [0.29, 0.717) is 0 Å². The fourth-order valence-corrected chi connectivity index (χ4v) is 0.875. The summed E-state index contributed by atoms with van der Waals surface area (Å²) in [7, 11) is 2.17. The molecule has 0 aromatic heterocycles. The van der Waals surface area contributed by atoms with Crippen molar-refractivity contribution in [2.24, 2.45) is 0 Å². The summed E-state index contributed by atoms with van der Waals surface area (Å²) in [5.41, 5.74) is 0. The zero-order valence-corrected chi connectivity index (χ0v) is 4.85. The van der Waals surface area contributed by atoms with Crippen molar-refractivity contribution in [3.8, 4) is 0 Å². The van der Waals surface area contributed by atoms with Crippen LogP contribution in [-0.2, 0) is 0 Å². The highest BCUT2D eigenvalue weighted by Crippen LogP contribution is 2.01. The molecule has 3 radical (unpaired) electrons. The van der Waals surface area contributed by atoms with Crippen molar-refractivity contribution in [3.63, 3.8) is 0 Å². The summed E-state index contributed by atoms with van der Waals surface area (Å²) in [6, 6.07) is 0. The van der Waals surface area contributed by atoms with Crippen LogP contribution in [0.4, 0.5) is 0 Å². The molecule has 1 nitrogen and oxygen atoms in total. The molecule has 1 saturated heterocycles. The largest absolute Gasteiger partial charge is 0.306 e. The van der Waals surface area contributed by atoms with Crippen molar-refractivity contribution in [1.82, 2.24) is 4.90 Å². The number of hydrogen-bond donors (Lipinski definition) is 0. The van der Waals surface area contributed by atoms with Crippen LogP contribution >= 0.6 is 0 Å². The molecule has 0 atom stereocenters. The van der Waals surface area contributed by atoms with Gasteiger partial charge in [-0.3, -0.25) is 0 Å². The third-order valence-corrected chi connectivity index (χ3v) is 1.33. The van der Waals surface area contributed by atoms with Gasteiger partial charge in [0.25, 0.3) is 0 Å². The van der Waals surface area contributed by atoms with Gasteiger partial charge >= 0.3 is 0 Å². The maximum atomic E-state index is 2.36. The highest BCUT2D eigenvalue weighted by molar-refractivity contribution is 5.75. The maximum absolute atomic E-state index is 2.36. The zero-order chi connectivity index (χ0) is 4.41. The third kappa shape index (κ3) is 1.98. The SMILES string of the molecule is CN1CCCC1.[B]. The van der Waals surface area contributed by atoms with Gasteiger partial charge in [-0.1, -0.05) is 0 Å². The van der Waals surface area contributed by atoms with Crippen LogP contribution in [0.3, 0.4) is 0 Å². The van der Waals surface area contributed by atoms with E-state index in [1.807, 2.05) is 0 Å². The Morgan fingerprint density at radius 2 is 1.57 bits per heavy atom. The minimum absolute atomic E-state index is 0. The lowest BCUT2D eigenvalue weighted by Gasteiger charge is -2.01. The third-order valence-electron chi connectivity index (χ3n) is 1.33. The van der Waals surface area contributed by atoms with E-state index in [4.69, 9.17) is 0 Å². The van der Waals surface area contributed by atoms with Crippen molar-refractivity contribution < 1.29 is 0 Å². The molecule has 0 aromatic carbocycles. The molecule has 0 spiro atoms. The van der Waals surface area contributed by atoms with Crippen molar-refractivity contribution >= 4 is 8.41 Å². The first-order valence-electron chi connectivity index (χ1n) is 2.58. The number of likely N-dealkylation sites (tertiary alicyclic amines) is 1.